The molecule has 0 spiro atoms. The summed E-state index contributed by atoms with van der Waals surface area (Å²) in [6.07, 6.45) is 0.946. The van der Waals surface area contributed by atoms with E-state index >= 15 is 0 Å². The van der Waals surface area contributed by atoms with Crippen LogP contribution >= 0.6 is 11.6 Å². The average Bonchev–Trinajstić information content (AvgIpc) is 2.70. The van der Waals surface area contributed by atoms with Gasteiger partial charge in [0.1, 0.15) is 0 Å². The molecule has 2 aromatic rings. The molecule has 1 unspecified atom stereocenters. The van der Waals surface area contributed by atoms with Gasteiger partial charge in [0.25, 0.3) is 11.8 Å². The number of rotatable bonds is 9. The van der Waals surface area contributed by atoms with Crippen molar-refractivity contribution in [1.82, 2.24) is 5.32 Å². The molecule has 0 saturated heterocycles. The Bertz CT molecular complexity index is 782. The van der Waals surface area contributed by atoms with Crippen molar-refractivity contribution in [2.45, 2.75) is 32.2 Å². The van der Waals surface area contributed by atoms with Crippen LogP contribution in [-0.4, -0.2) is 38.0 Å². The first-order chi connectivity index (χ1) is 13.4. The van der Waals surface area contributed by atoms with Gasteiger partial charge in [0, 0.05) is 12.5 Å². The molecular formula is C22H29ClN3O2+. The number of benzene rings is 2. The van der Waals surface area contributed by atoms with Crippen molar-refractivity contribution in [3.8, 4) is 0 Å². The molecule has 0 aromatic heterocycles. The molecule has 0 radical (unpaired) electrons. The number of quaternary nitrogens is 1. The Balaban J connectivity index is 1.84. The summed E-state index contributed by atoms with van der Waals surface area (Å²) in [7, 11) is 1.84. The Labute approximate surface area is 172 Å². The van der Waals surface area contributed by atoms with Gasteiger partial charge in [0.15, 0.2) is 12.6 Å². The smallest absolute Gasteiger partial charge is 0.279 e. The van der Waals surface area contributed by atoms with Crippen LogP contribution < -0.4 is 15.5 Å². The molecule has 6 heteroatoms. The Morgan fingerprint density at radius 2 is 1.71 bits per heavy atom. The predicted molar refractivity (Wildman–Crippen MR) is 114 cm³/mol. The molecule has 2 amide bonds. The lowest BCUT2D eigenvalue weighted by Crippen LogP contribution is -3.15. The minimum atomic E-state index is -0.342. The van der Waals surface area contributed by atoms with Crippen molar-refractivity contribution in [2.24, 2.45) is 0 Å². The third-order valence-corrected chi connectivity index (χ3v) is 5.34. The standard InChI is InChI=1S/C22H28ClN3O2/c1-4-17(18-10-6-5-7-11-18)14-24-22(28)16(2)26(3)15-21(27)25-20-13-9-8-12-19(20)23/h5-13,16-17H,4,14-15H2,1-3H3,(H,24,28)(H,25,27)/p+1/t16-,17+/m1/s1. The van der Waals surface area contributed by atoms with Crippen LogP contribution in [0.4, 0.5) is 5.69 Å². The van der Waals surface area contributed by atoms with Crippen molar-refractivity contribution in [3.05, 3.63) is 65.2 Å². The van der Waals surface area contributed by atoms with Crippen molar-refractivity contribution in [1.29, 1.82) is 0 Å². The zero-order chi connectivity index (χ0) is 20.5. The normalized spacial score (nSPS) is 14.0. The van der Waals surface area contributed by atoms with Crippen molar-refractivity contribution < 1.29 is 14.5 Å². The van der Waals surface area contributed by atoms with E-state index in [0.717, 1.165) is 11.3 Å². The Morgan fingerprint density at radius 1 is 1.07 bits per heavy atom. The molecule has 28 heavy (non-hydrogen) atoms. The van der Waals surface area contributed by atoms with Gasteiger partial charge in [-0.15, -0.1) is 0 Å². The van der Waals surface area contributed by atoms with E-state index < -0.39 is 0 Å². The van der Waals surface area contributed by atoms with Gasteiger partial charge in [-0.25, -0.2) is 0 Å². The zero-order valence-electron chi connectivity index (χ0n) is 16.7. The first-order valence-corrected chi connectivity index (χ1v) is 9.99. The number of hydrogen-bond acceptors (Lipinski definition) is 2. The molecule has 3 N–H and O–H groups in total. The van der Waals surface area contributed by atoms with Gasteiger partial charge < -0.3 is 15.5 Å². The Hall–Kier alpha value is -2.37. The molecule has 0 bridgehead atoms. The van der Waals surface area contributed by atoms with Gasteiger partial charge in [-0.2, -0.15) is 0 Å². The van der Waals surface area contributed by atoms with Crippen LogP contribution in [0.5, 0.6) is 0 Å². The largest absolute Gasteiger partial charge is 0.350 e. The lowest BCUT2D eigenvalue weighted by atomic mass is 9.96. The van der Waals surface area contributed by atoms with E-state index in [-0.39, 0.29) is 30.3 Å². The van der Waals surface area contributed by atoms with Crippen LogP contribution in [0, 0.1) is 0 Å². The molecule has 0 saturated carbocycles. The van der Waals surface area contributed by atoms with Crippen molar-refractivity contribution in [3.63, 3.8) is 0 Å². The van der Waals surface area contributed by atoms with Gasteiger partial charge in [0.2, 0.25) is 0 Å². The maximum atomic E-state index is 12.5. The van der Waals surface area contributed by atoms with E-state index in [9.17, 15) is 9.59 Å². The summed E-state index contributed by atoms with van der Waals surface area (Å²) in [5.74, 6) is 0.0413. The highest BCUT2D eigenvalue weighted by atomic mass is 35.5. The molecule has 0 fully saturated rings. The molecule has 5 nitrogen and oxygen atoms in total. The van der Waals surface area contributed by atoms with Crippen molar-refractivity contribution >= 4 is 29.1 Å². The minimum absolute atomic E-state index is 0.0579. The fraction of sp³-hybridized carbons (Fsp3) is 0.364. The summed E-state index contributed by atoms with van der Waals surface area (Å²) in [5, 5.41) is 6.32. The lowest BCUT2D eigenvalue weighted by molar-refractivity contribution is -0.885. The Kier molecular flexibility index (Phi) is 8.48. The number of amides is 2. The number of carbonyl (C=O) groups is 2. The SMILES string of the molecule is CC[C@@H](CNC(=O)[C@@H](C)[NH+](C)CC(=O)Nc1ccccc1Cl)c1ccccc1. The number of para-hydroxylation sites is 1. The van der Waals surface area contributed by atoms with Crippen LogP contribution in [0.2, 0.25) is 5.02 Å². The van der Waals surface area contributed by atoms with E-state index in [2.05, 4.69) is 29.7 Å². The highest BCUT2D eigenvalue weighted by molar-refractivity contribution is 6.33. The molecule has 0 heterocycles. The van der Waals surface area contributed by atoms with Crippen LogP contribution in [0.15, 0.2) is 54.6 Å². The van der Waals surface area contributed by atoms with E-state index in [4.69, 9.17) is 11.6 Å². The minimum Gasteiger partial charge on any atom is -0.350 e. The van der Waals surface area contributed by atoms with Gasteiger partial charge in [-0.05, 0) is 31.0 Å². The fourth-order valence-electron chi connectivity index (χ4n) is 2.99. The molecule has 0 aliphatic rings. The molecule has 0 aliphatic carbocycles. The summed E-state index contributed by atoms with van der Waals surface area (Å²) in [4.78, 5) is 25.6. The molecule has 0 aliphatic heterocycles. The maximum absolute atomic E-state index is 12.5. The zero-order valence-corrected chi connectivity index (χ0v) is 17.4. The summed E-state index contributed by atoms with van der Waals surface area (Å²) in [5.41, 5.74) is 1.80. The highest BCUT2D eigenvalue weighted by Crippen LogP contribution is 2.20. The second-order valence-corrected chi connectivity index (χ2v) is 7.44. The van der Waals surface area contributed by atoms with Crippen LogP contribution in [0.25, 0.3) is 0 Å². The van der Waals surface area contributed by atoms with E-state index in [1.807, 2.05) is 38.2 Å². The first kappa shape index (κ1) is 21.9. The molecule has 3 atom stereocenters. The molecule has 2 aromatic carbocycles. The third kappa shape index (κ3) is 6.36. The number of hydrogen-bond donors (Lipinski definition) is 3. The molecule has 150 valence electrons. The highest BCUT2D eigenvalue weighted by Gasteiger charge is 2.24. The summed E-state index contributed by atoms with van der Waals surface area (Å²) < 4.78 is 0. The first-order valence-electron chi connectivity index (χ1n) is 9.61. The number of carbonyl (C=O) groups excluding carboxylic acids is 2. The van der Waals surface area contributed by atoms with Gasteiger partial charge in [0.05, 0.1) is 17.8 Å². The number of likely N-dealkylation sites (N-methyl/N-ethyl adjacent to an activating group) is 1. The number of nitrogens with one attached hydrogen (secondary N) is 3. The number of anilines is 1. The van der Waals surface area contributed by atoms with Crippen LogP contribution in [-0.2, 0) is 9.59 Å². The van der Waals surface area contributed by atoms with Gasteiger partial charge in [-0.1, -0.05) is 61.0 Å². The maximum Gasteiger partial charge on any atom is 0.279 e. The summed E-state index contributed by atoms with van der Waals surface area (Å²) >= 11 is 6.07. The topological polar surface area (TPSA) is 62.6 Å². The monoisotopic (exact) mass is 402 g/mol. The molecular weight excluding hydrogens is 374 g/mol. The second-order valence-electron chi connectivity index (χ2n) is 7.03. The van der Waals surface area contributed by atoms with Crippen LogP contribution in [0.1, 0.15) is 31.7 Å². The Morgan fingerprint density at radius 3 is 2.36 bits per heavy atom. The van der Waals surface area contributed by atoms with Crippen LogP contribution in [0.3, 0.4) is 0 Å². The van der Waals surface area contributed by atoms with E-state index in [1.54, 1.807) is 18.2 Å². The quantitative estimate of drug-likeness (QED) is 0.603. The summed E-state index contributed by atoms with van der Waals surface area (Å²) in [6.45, 7) is 4.71. The number of halogens is 1. The fourth-order valence-corrected chi connectivity index (χ4v) is 3.17. The average molecular weight is 403 g/mol. The third-order valence-electron chi connectivity index (χ3n) is 5.01. The lowest BCUT2D eigenvalue weighted by Gasteiger charge is -2.22. The van der Waals surface area contributed by atoms with Crippen molar-refractivity contribution in [2.75, 3.05) is 25.5 Å². The predicted octanol–water partition coefficient (Wildman–Crippen LogP) is 2.49. The van der Waals surface area contributed by atoms with Gasteiger partial charge in [-0.3, -0.25) is 9.59 Å². The molecule has 2 rings (SSSR count). The summed E-state index contributed by atoms with van der Waals surface area (Å²) in [6, 6.07) is 16.9. The second kappa shape index (κ2) is 10.8. The van der Waals surface area contributed by atoms with E-state index in [0.29, 0.717) is 17.3 Å². The van der Waals surface area contributed by atoms with E-state index in [1.165, 1.54) is 5.56 Å². The van der Waals surface area contributed by atoms with Gasteiger partial charge >= 0.3 is 0 Å².